The van der Waals surface area contributed by atoms with Crippen LogP contribution in [0.1, 0.15) is 15.9 Å². The monoisotopic (exact) mass is 384 g/mol. The molecule has 3 aromatic rings. The highest BCUT2D eigenvalue weighted by molar-refractivity contribution is 6.31. The van der Waals surface area contributed by atoms with Crippen LogP contribution >= 0.6 is 11.6 Å². The van der Waals surface area contributed by atoms with Crippen LogP contribution in [-0.2, 0) is 11.3 Å². The van der Waals surface area contributed by atoms with Gasteiger partial charge < -0.3 is 15.8 Å². The Hall–Kier alpha value is -3.32. The van der Waals surface area contributed by atoms with Crippen molar-refractivity contribution in [2.24, 2.45) is 5.73 Å². The summed E-state index contributed by atoms with van der Waals surface area (Å²) in [7, 11) is 0. The van der Waals surface area contributed by atoms with E-state index in [2.05, 4.69) is 10.4 Å². The number of ether oxygens (including phenoxy) is 1. The summed E-state index contributed by atoms with van der Waals surface area (Å²) >= 11 is 6.17. The average molecular weight is 385 g/mol. The summed E-state index contributed by atoms with van der Waals surface area (Å²) in [6, 6.07) is 15.6. The Morgan fingerprint density at radius 2 is 1.85 bits per heavy atom. The molecule has 0 spiro atoms. The van der Waals surface area contributed by atoms with Crippen LogP contribution < -0.4 is 15.8 Å². The van der Waals surface area contributed by atoms with Crippen LogP contribution in [0.25, 0.3) is 0 Å². The van der Waals surface area contributed by atoms with E-state index in [1.165, 1.54) is 6.07 Å². The molecule has 2 aromatic carbocycles. The van der Waals surface area contributed by atoms with E-state index in [0.717, 1.165) is 5.56 Å². The first-order valence-electron chi connectivity index (χ1n) is 8.11. The van der Waals surface area contributed by atoms with Crippen molar-refractivity contribution in [3.8, 4) is 5.75 Å². The van der Waals surface area contributed by atoms with E-state index < -0.39 is 11.8 Å². The fraction of sp³-hybridized carbons (Fsp3) is 0.105. The van der Waals surface area contributed by atoms with Gasteiger partial charge in [-0.1, -0.05) is 41.9 Å². The SMILES string of the molecule is NC(=O)c1ccccc1OCC(=O)Nc1ccnn1Cc1ccccc1Cl. The zero-order valence-electron chi connectivity index (χ0n) is 14.3. The third kappa shape index (κ3) is 4.65. The van der Waals surface area contributed by atoms with Gasteiger partial charge in [-0.2, -0.15) is 5.10 Å². The molecule has 8 heteroatoms. The first kappa shape index (κ1) is 18.5. The molecule has 0 unspecified atom stereocenters. The molecule has 0 radical (unpaired) electrons. The zero-order chi connectivity index (χ0) is 19.2. The molecule has 0 aliphatic carbocycles. The number of hydrogen-bond donors (Lipinski definition) is 2. The van der Waals surface area contributed by atoms with Crippen LogP contribution in [0.2, 0.25) is 5.02 Å². The van der Waals surface area contributed by atoms with Gasteiger partial charge in [0.1, 0.15) is 11.6 Å². The number of primary amides is 1. The molecule has 2 amide bonds. The average Bonchev–Trinajstić information content (AvgIpc) is 3.08. The van der Waals surface area contributed by atoms with Gasteiger partial charge in [0.15, 0.2) is 6.61 Å². The summed E-state index contributed by atoms with van der Waals surface area (Å²) in [4.78, 5) is 23.6. The van der Waals surface area contributed by atoms with Crippen molar-refractivity contribution < 1.29 is 14.3 Å². The molecular weight excluding hydrogens is 368 g/mol. The highest BCUT2D eigenvalue weighted by atomic mass is 35.5. The summed E-state index contributed by atoms with van der Waals surface area (Å²) in [5, 5.41) is 7.55. The Labute approximate surface area is 160 Å². The maximum absolute atomic E-state index is 12.2. The van der Waals surface area contributed by atoms with Crippen molar-refractivity contribution >= 4 is 29.2 Å². The number of aromatic nitrogens is 2. The summed E-state index contributed by atoms with van der Waals surface area (Å²) in [5.74, 6) is -0.254. The molecule has 0 bridgehead atoms. The lowest BCUT2D eigenvalue weighted by atomic mass is 10.2. The van der Waals surface area contributed by atoms with Gasteiger partial charge in [0.25, 0.3) is 11.8 Å². The van der Waals surface area contributed by atoms with E-state index in [9.17, 15) is 9.59 Å². The number of halogens is 1. The van der Waals surface area contributed by atoms with E-state index in [1.54, 1.807) is 41.2 Å². The molecule has 1 heterocycles. The Balaban J connectivity index is 1.64. The predicted molar refractivity (Wildman–Crippen MR) is 102 cm³/mol. The van der Waals surface area contributed by atoms with Crippen LogP contribution in [0.5, 0.6) is 5.75 Å². The predicted octanol–water partition coefficient (Wildman–Crippen LogP) is 2.70. The van der Waals surface area contributed by atoms with Crippen molar-refractivity contribution in [2.75, 3.05) is 11.9 Å². The number of carbonyl (C=O) groups is 2. The van der Waals surface area contributed by atoms with Gasteiger partial charge in [-0.05, 0) is 23.8 Å². The molecule has 0 atom stereocenters. The minimum absolute atomic E-state index is 0.217. The second-order valence-electron chi connectivity index (χ2n) is 5.66. The highest BCUT2D eigenvalue weighted by Crippen LogP contribution is 2.19. The molecule has 7 nitrogen and oxygen atoms in total. The van der Waals surface area contributed by atoms with E-state index in [-0.39, 0.29) is 17.9 Å². The molecule has 0 aliphatic rings. The zero-order valence-corrected chi connectivity index (χ0v) is 15.0. The van der Waals surface area contributed by atoms with Gasteiger partial charge in [0.2, 0.25) is 0 Å². The lowest BCUT2D eigenvalue weighted by Crippen LogP contribution is -2.23. The van der Waals surface area contributed by atoms with Gasteiger partial charge in [0, 0.05) is 11.1 Å². The van der Waals surface area contributed by atoms with Gasteiger partial charge in [-0.15, -0.1) is 0 Å². The maximum Gasteiger partial charge on any atom is 0.263 e. The smallest absolute Gasteiger partial charge is 0.263 e. The topological polar surface area (TPSA) is 99.2 Å². The molecule has 3 rings (SSSR count). The van der Waals surface area contributed by atoms with Crippen molar-refractivity contribution in [2.45, 2.75) is 6.54 Å². The van der Waals surface area contributed by atoms with Crippen molar-refractivity contribution in [3.05, 3.63) is 76.9 Å². The number of hydrogen-bond acceptors (Lipinski definition) is 4. The van der Waals surface area contributed by atoms with Crippen LogP contribution in [0.15, 0.2) is 60.8 Å². The van der Waals surface area contributed by atoms with Gasteiger partial charge in [-0.25, -0.2) is 4.68 Å². The van der Waals surface area contributed by atoms with Gasteiger partial charge in [0.05, 0.1) is 18.3 Å². The normalized spacial score (nSPS) is 10.4. The quantitative estimate of drug-likeness (QED) is 0.654. The summed E-state index contributed by atoms with van der Waals surface area (Å²) in [6.07, 6.45) is 1.58. The van der Waals surface area contributed by atoms with E-state index in [4.69, 9.17) is 22.1 Å². The Kier molecular flexibility index (Phi) is 5.73. The third-order valence-electron chi connectivity index (χ3n) is 3.77. The fourth-order valence-electron chi connectivity index (χ4n) is 2.47. The van der Waals surface area contributed by atoms with Crippen molar-refractivity contribution in [1.82, 2.24) is 9.78 Å². The van der Waals surface area contributed by atoms with Crippen LogP contribution in [-0.4, -0.2) is 28.2 Å². The van der Waals surface area contributed by atoms with Crippen LogP contribution in [0.3, 0.4) is 0 Å². The molecule has 3 N–H and O–H groups in total. The number of benzene rings is 2. The number of para-hydroxylation sites is 1. The van der Waals surface area contributed by atoms with Gasteiger partial charge in [-0.3, -0.25) is 9.59 Å². The molecule has 138 valence electrons. The minimum atomic E-state index is -0.621. The fourth-order valence-corrected chi connectivity index (χ4v) is 2.67. The molecule has 0 saturated heterocycles. The second-order valence-corrected chi connectivity index (χ2v) is 6.07. The second kappa shape index (κ2) is 8.37. The number of anilines is 1. The number of rotatable bonds is 7. The summed E-state index contributed by atoms with van der Waals surface area (Å²) in [6.45, 7) is 0.134. The lowest BCUT2D eigenvalue weighted by molar-refractivity contribution is -0.118. The van der Waals surface area contributed by atoms with E-state index >= 15 is 0 Å². The lowest BCUT2D eigenvalue weighted by Gasteiger charge is -2.12. The largest absolute Gasteiger partial charge is 0.483 e. The maximum atomic E-state index is 12.2. The van der Waals surface area contributed by atoms with Crippen LogP contribution in [0.4, 0.5) is 5.82 Å². The first-order valence-corrected chi connectivity index (χ1v) is 8.49. The number of amides is 2. The first-order chi connectivity index (χ1) is 13.0. The van der Waals surface area contributed by atoms with Crippen molar-refractivity contribution in [1.29, 1.82) is 0 Å². The molecule has 0 aliphatic heterocycles. The Morgan fingerprint density at radius 1 is 1.11 bits per heavy atom. The molecule has 1 aromatic heterocycles. The summed E-state index contributed by atoms with van der Waals surface area (Å²) in [5.41, 5.74) is 6.39. The van der Waals surface area contributed by atoms with E-state index in [1.807, 2.05) is 18.2 Å². The molecular formula is C19H17ClN4O3. The Bertz CT molecular complexity index is 971. The number of nitrogens with two attached hydrogens (primary N) is 1. The van der Waals surface area contributed by atoms with Gasteiger partial charge >= 0.3 is 0 Å². The van der Waals surface area contributed by atoms with Crippen LogP contribution in [0, 0.1) is 0 Å². The molecule has 27 heavy (non-hydrogen) atoms. The van der Waals surface area contributed by atoms with Crippen molar-refractivity contribution in [3.63, 3.8) is 0 Å². The number of nitrogens with one attached hydrogen (secondary N) is 1. The number of carbonyl (C=O) groups excluding carboxylic acids is 2. The molecule has 0 fully saturated rings. The third-order valence-corrected chi connectivity index (χ3v) is 4.14. The standard InChI is InChI=1S/C19H17ClN4O3/c20-15-7-3-1-5-13(15)11-24-17(9-10-22-24)23-18(25)12-27-16-8-4-2-6-14(16)19(21)26/h1-10H,11-12H2,(H2,21,26)(H,23,25). The highest BCUT2D eigenvalue weighted by Gasteiger charge is 2.12. The Morgan fingerprint density at radius 3 is 2.63 bits per heavy atom. The number of nitrogens with zero attached hydrogens (tertiary/aromatic N) is 2. The van der Waals surface area contributed by atoms with E-state index in [0.29, 0.717) is 17.4 Å². The molecule has 0 saturated carbocycles. The minimum Gasteiger partial charge on any atom is -0.483 e. The summed E-state index contributed by atoms with van der Waals surface area (Å²) < 4.78 is 7.04.